The van der Waals surface area contributed by atoms with Crippen molar-refractivity contribution in [1.82, 2.24) is 14.6 Å². The molecule has 8 nitrogen and oxygen atoms in total. The topological polar surface area (TPSA) is 94.7 Å². The first kappa shape index (κ1) is 23.7. The highest BCUT2D eigenvalue weighted by molar-refractivity contribution is 7.89. The number of carbonyl (C=O) groups excluding carboxylic acids is 1. The van der Waals surface area contributed by atoms with Gasteiger partial charge in [0.25, 0.3) is 5.91 Å². The van der Waals surface area contributed by atoms with Gasteiger partial charge in [-0.15, -0.1) is 0 Å². The lowest BCUT2D eigenvalue weighted by Crippen LogP contribution is -2.31. The van der Waals surface area contributed by atoms with Gasteiger partial charge in [0.1, 0.15) is 10.6 Å². The number of methoxy groups -OCH3 is 1. The van der Waals surface area contributed by atoms with Crippen molar-refractivity contribution < 1.29 is 17.9 Å². The number of nitrogens with one attached hydrogen (secondary N) is 2. The van der Waals surface area contributed by atoms with Crippen molar-refractivity contribution in [1.29, 1.82) is 0 Å². The molecule has 1 aromatic heterocycles. The van der Waals surface area contributed by atoms with E-state index in [0.717, 1.165) is 61.0 Å². The minimum atomic E-state index is -3.65. The molecule has 0 unspecified atom stereocenters. The van der Waals surface area contributed by atoms with Gasteiger partial charge in [0, 0.05) is 55.4 Å². The predicted molar refractivity (Wildman–Crippen MR) is 137 cm³/mol. The number of H-pyrrole nitrogens is 1. The molecule has 1 amide bonds. The lowest BCUT2D eigenvalue weighted by Gasteiger charge is -2.24. The normalized spacial score (nSPS) is 16.8. The first-order valence-electron chi connectivity index (χ1n) is 12.3. The zero-order valence-corrected chi connectivity index (χ0v) is 20.9. The van der Waals surface area contributed by atoms with Crippen molar-refractivity contribution in [3.8, 4) is 5.75 Å². The van der Waals surface area contributed by atoms with Gasteiger partial charge in [-0.05, 0) is 74.1 Å². The lowest BCUT2D eigenvalue weighted by molar-refractivity contribution is 0.0954. The molecular formula is C26H32N4O4S. The van der Waals surface area contributed by atoms with E-state index in [1.807, 2.05) is 24.4 Å². The Morgan fingerprint density at radius 3 is 2.51 bits per heavy atom. The number of benzene rings is 2. The smallest absolute Gasteiger partial charge is 0.251 e. The number of fused-ring (bicyclic) bond motifs is 1. The summed E-state index contributed by atoms with van der Waals surface area (Å²) in [6.07, 6.45) is 6.43. The summed E-state index contributed by atoms with van der Waals surface area (Å²) in [4.78, 5) is 18.6. The van der Waals surface area contributed by atoms with Crippen LogP contribution >= 0.6 is 0 Å². The second-order valence-corrected chi connectivity index (χ2v) is 11.1. The minimum Gasteiger partial charge on any atom is -0.497 e. The molecule has 3 heterocycles. The number of carbonyl (C=O) groups is 1. The van der Waals surface area contributed by atoms with Crippen LogP contribution in [-0.4, -0.2) is 63.4 Å². The second-order valence-electron chi connectivity index (χ2n) is 9.22. The van der Waals surface area contributed by atoms with Crippen molar-refractivity contribution >= 4 is 32.5 Å². The van der Waals surface area contributed by atoms with Crippen LogP contribution in [0.2, 0.25) is 0 Å². The molecular weight excluding hydrogens is 464 g/mol. The third kappa shape index (κ3) is 4.75. The van der Waals surface area contributed by atoms with Crippen LogP contribution in [-0.2, 0) is 16.4 Å². The molecule has 0 atom stereocenters. The van der Waals surface area contributed by atoms with Gasteiger partial charge in [0.15, 0.2) is 0 Å². The lowest BCUT2D eigenvalue weighted by atomic mass is 10.1. The van der Waals surface area contributed by atoms with E-state index >= 15 is 0 Å². The molecule has 0 spiro atoms. The van der Waals surface area contributed by atoms with Crippen molar-refractivity contribution in [2.24, 2.45) is 0 Å². The van der Waals surface area contributed by atoms with E-state index in [1.165, 1.54) is 0 Å². The number of aromatic nitrogens is 1. The first-order chi connectivity index (χ1) is 17.0. The molecule has 0 saturated carbocycles. The van der Waals surface area contributed by atoms with Crippen LogP contribution in [0.3, 0.4) is 0 Å². The highest BCUT2D eigenvalue weighted by atomic mass is 32.2. The zero-order valence-electron chi connectivity index (χ0n) is 20.0. The summed E-state index contributed by atoms with van der Waals surface area (Å²) >= 11 is 0. The summed E-state index contributed by atoms with van der Waals surface area (Å²) in [5, 5.41) is 4.02. The largest absolute Gasteiger partial charge is 0.497 e. The third-order valence-corrected chi connectivity index (χ3v) is 8.93. The van der Waals surface area contributed by atoms with E-state index in [0.29, 0.717) is 37.3 Å². The van der Waals surface area contributed by atoms with Gasteiger partial charge in [-0.3, -0.25) is 4.79 Å². The fraction of sp³-hybridized carbons (Fsp3) is 0.423. The summed E-state index contributed by atoms with van der Waals surface area (Å²) in [6.45, 7) is 3.18. The van der Waals surface area contributed by atoms with Crippen LogP contribution in [0.1, 0.15) is 41.6 Å². The summed E-state index contributed by atoms with van der Waals surface area (Å²) < 4.78 is 33.9. The maximum Gasteiger partial charge on any atom is 0.251 e. The van der Waals surface area contributed by atoms with Crippen LogP contribution in [0.4, 0.5) is 5.69 Å². The fourth-order valence-electron chi connectivity index (χ4n) is 5.05. The van der Waals surface area contributed by atoms with E-state index in [4.69, 9.17) is 4.74 Å². The Labute approximate surface area is 206 Å². The molecule has 2 N–H and O–H groups in total. The molecule has 9 heteroatoms. The average molecular weight is 497 g/mol. The SMILES string of the molecule is COc1ccc2[nH]cc(CCNC(=O)c3ccc(N4CCCC4)c(S(=O)(=O)N4CCCC4)c3)c2c1. The Hall–Kier alpha value is -3.04. The fourth-order valence-corrected chi connectivity index (χ4v) is 6.81. The number of nitrogens with zero attached hydrogens (tertiary/aromatic N) is 2. The Kier molecular flexibility index (Phi) is 6.71. The highest BCUT2D eigenvalue weighted by Crippen LogP contribution is 2.33. The van der Waals surface area contributed by atoms with Gasteiger partial charge >= 0.3 is 0 Å². The maximum absolute atomic E-state index is 13.5. The Balaban J connectivity index is 1.34. The Bertz CT molecular complexity index is 1320. The monoisotopic (exact) mass is 496 g/mol. The van der Waals surface area contributed by atoms with E-state index in [1.54, 1.807) is 29.6 Å². The number of hydrogen-bond donors (Lipinski definition) is 2. The quantitative estimate of drug-likeness (QED) is 0.498. The first-order valence-corrected chi connectivity index (χ1v) is 13.7. The molecule has 3 aromatic rings. The summed E-state index contributed by atoms with van der Waals surface area (Å²) in [5.74, 6) is 0.514. The van der Waals surface area contributed by atoms with Crippen LogP contribution in [0.25, 0.3) is 10.9 Å². The van der Waals surface area contributed by atoms with Crippen molar-refractivity contribution in [3.63, 3.8) is 0 Å². The summed E-state index contributed by atoms with van der Waals surface area (Å²) in [6, 6.07) is 11.0. The van der Waals surface area contributed by atoms with E-state index in [9.17, 15) is 13.2 Å². The standard InChI is InChI=1S/C26H32N4O4S/c1-34-21-7-8-23-22(17-21)20(18-28-23)10-11-27-26(31)19-6-9-24(29-12-2-3-13-29)25(16-19)35(32,33)30-14-4-5-15-30/h6-9,16-18,28H,2-5,10-15H2,1H3,(H,27,31). The third-order valence-electron chi connectivity index (χ3n) is 7.01. The maximum atomic E-state index is 13.5. The molecule has 0 aliphatic carbocycles. The van der Waals surface area contributed by atoms with Crippen molar-refractivity contribution in [2.45, 2.75) is 37.0 Å². The number of sulfonamides is 1. The Morgan fingerprint density at radius 2 is 1.77 bits per heavy atom. The molecule has 2 aliphatic rings. The van der Waals surface area contributed by atoms with E-state index in [2.05, 4.69) is 15.2 Å². The van der Waals surface area contributed by atoms with Gasteiger partial charge in [-0.25, -0.2) is 8.42 Å². The van der Waals surface area contributed by atoms with Gasteiger partial charge in [0.05, 0.1) is 12.8 Å². The average Bonchev–Trinajstić information content (AvgIpc) is 3.66. The number of aromatic amines is 1. The van der Waals surface area contributed by atoms with Gasteiger partial charge < -0.3 is 19.9 Å². The van der Waals surface area contributed by atoms with Crippen LogP contribution in [0.5, 0.6) is 5.75 Å². The number of hydrogen-bond acceptors (Lipinski definition) is 5. The summed E-state index contributed by atoms with van der Waals surface area (Å²) in [5.41, 5.74) is 3.17. The molecule has 2 aliphatic heterocycles. The molecule has 186 valence electrons. The zero-order chi connectivity index (χ0) is 24.4. The molecule has 5 rings (SSSR count). The molecule has 2 aromatic carbocycles. The highest BCUT2D eigenvalue weighted by Gasteiger charge is 2.32. The predicted octanol–water partition coefficient (Wildman–Crippen LogP) is 3.53. The summed E-state index contributed by atoms with van der Waals surface area (Å²) in [7, 11) is -2.01. The molecule has 0 radical (unpaired) electrons. The van der Waals surface area contributed by atoms with Crippen molar-refractivity contribution in [3.05, 3.63) is 53.7 Å². The van der Waals surface area contributed by atoms with Crippen LogP contribution in [0.15, 0.2) is 47.5 Å². The van der Waals surface area contributed by atoms with E-state index < -0.39 is 10.0 Å². The Morgan fingerprint density at radius 1 is 1.03 bits per heavy atom. The van der Waals surface area contributed by atoms with Gasteiger partial charge in [-0.1, -0.05) is 0 Å². The number of rotatable bonds is 8. The van der Waals surface area contributed by atoms with Gasteiger partial charge in [-0.2, -0.15) is 4.31 Å². The second kappa shape index (κ2) is 9.91. The number of anilines is 1. The van der Waals surface area contributed by atoms with Crippen molar-refractivity contribution in [2.75, 3.05) is 44.7 Å². The van der Waals surface area contributed by atoms with Crippen LogP contribution < -0.4 is 15.0 Å². The molecule has 2 saturated heterocycles. The van der Waals surface area contributed by atoms with Gasteiger partial charge in [0.2, 0.25) is 10.0 Å². The molecule has 35 heavy (non-hydrogen) atoms. The molecule has 2 fully saturated rings. The molecule has 0 bridgehead atoms. The van der Waals surface area contributed by atoms with Crippen LogP contribution in [0, 0.1) is 0 Å². The minimum absolute atomic E-state index is 0.248. The number of ether oxygens (including phenoxy) is 1. The number of amides is 1. The van der Waals surface area contributed by atoms with E-state index in [-0.39, 0.29) is 10.8 Å².